The molecule has 0 aliphatic carbocycles. The zero-order valence-corrected chi connectivity index (χ0v) is 18.8. The van der Waals surface area contributed by atoms with E-state index in [1.54, 1.807) is 11.8 Å². The van der Waals surface area contributed by atoms with Crippen molar-refractivity contribution in [1.82, 2.24) is 35.0 Å². The van der Waals surface area contributed by atoms with Gasteiger partial charge in [0.15, 0.2) is 5.82 Å². The van der Waals surface area contributed by atoms with Gasteiger partial charge in [0.05, 0.1) is 23.9 Å². The molecule has 2 saturated heterocycles. The Morgan fingerprint density at radius 2 is 2.03 bits per heavy atom. The van der Waals surface area contributed by atoms with Gasteiger partial charge in [0.1, 0.15) is 18.5 Å². The monoisotopic (exact) mass is 453 g/mol. The predicted octanol–water partition coefficient (Wildman–Crippen LogP) is 0.513. The van der Waals surface area contributed by atoms with E-state index in [-0.39, 0.29) is 24.5 Å². The number of cyclic esters (lactones) is 1. The third kappa shape index (κ3) is 4.02. The average molecular weight is 454 g/mol. The summed E-state index contributed by atoms with van der Waals surface area (Å²) in [7, 11) is 0. The number of nitrogens with zero attached hydrogens (tertiary/aromatic N) is 7. The minimum absolute atomic E-state index is 0.0454. The van der Waals surface area contributed by atoms with E-state index in [2.05, 4.69) is 25.4 Å². The molecule has 0 radical (unpaired) electrons. The molecular formula is C22H27N7O4. The van der Waals surface area contributed by atoms with Crippen molar-refractivity contribution in [3.63, 3.8) is 0 Å². The topological polar surface area (TPSA) is 116 Å². The number of amides is 1. The molecule has 0 aromatic carbocycles. The summed E-state index contributed by atoms with van der Waals surface area (Å²) in [5, 5.41) is 11.1. The first-order valence-electron chi connectivity index (χ1n) is 11.2. The van der Waals surface area contributed by atoms with E-state index in [9.17, 15) is 9.59 Å². The molecule has 1 spiro atoms. The van der Waals surface area contributed by atoms with Crippen molar-refractivity contribution in [1.29, 1.82) is 0 Å². The van der Waals surface area contributed by atoms with Crippen molar-refractivity contribution in [3.8, 4) is 5.82 Å². The molecular weight excluding hydrogens is 426 g/mol. The first kappa shape index (κ1) is 21.7. The Kier molecular flexibility index (Phi) is 5.67. The van der Waals surface area contributed by atoms with Crippen LogP contribution in [0.15, 0.2) is 35.9 Å². The van der Waals surface area contributed by atoms with Gasteiger partial charge in [0.25, 0.3) is 5.91 Å². The number of pyridine rings is 1. The molecule has 2 fully saturated rings. The summed E-state index contributed by atoms with van der Waals surface area (Å²) in [5.41, 5.74) is 1.51. The Bertz CT molecular complexity index is 1060. The number of hydrogen-bond acceptors (Lipinski definition) is 9. The molecule has 5 rings (SSSR count). The SMILES string of the molecule is CC1=C(N2C(=O)C3(CCN(CCc4ccc(-n5cnnn5)nc4)CC3)OCC2C)COC1=O. The van der Waals surface area contributed by atoms with Crippen molar-refractivity contribution in [2.45, 2.75) is 44.8 Å². The van der Waals surface area contributed by atoms with Gasteiger partial charge in [-0.3, -0.25) is 4.79 Å². The average Bonchev–Trinajstić information content (AvgIpc) is 3.48. The lowest BCUT2D eigenvalue weighted by atomic mass is 9.87. The van der Waals surface area contributed by atoms with Crippen LogP contribution in [0.4, 0.5) is 0 Å². The summed E-state index contributed by atoms with van der Waals surface area (Å²) in [6.07, 6.45) is 5.48. The molecule has 0 saturated carbocycles. The van der Waals surface area contributed by atoms with Crippen LogP contribution in [0.2, 0.25) is 0 Å². The van der Waals surface area contributed by atoms with Gasteiger partial charge in [-0.1, -0.05) is 6.07 Å². The maximum absolute atomic E-state index is 13.5. The lowest BCUT2D eigenvalue weighted by Gasteiger charge is -2.48. The number of rotatable bonds is 5. The van der Waals surface area contributed by atoms with E-state index < -0.39 is 5.60 Å². The smallest absolute Gasteiger partial charge is 0.336 e. The van der Waals surface area contributed by atoms with Crippen LogP contribution in [0.3, 0.4) is 0 Å². The molecule has 2 aromatic rings. The summed E-state index contributed by atoms with van der Waals surface area (Å²) >= 11 is 0. The summed E-state index contributed by atoms with van der Waals surface area (Å²) in [6.45, 7) is 6.71. The highest BCUT2D eigenvalue weighted by molar-refractivity contribution is 5.94. The highest BCUT2D eigenvalue weighted by Crippen LogP contribution is 2.36. The van der Waals surface area contributed by atoms with Crippen LogP contribution in [0, 0.1) is 0 Å². The minimum Gasteiger partial charge on any atom is -0.456 e. The summed E-state index contributed by atoms with van der Waals surface area (Å²) < 4.78 is 12.8. The maximum Gasteiger partial charge on any atom is 0.336 e. The van der Waals surface area contributed by atoms with Gasteiger partial charge in [0.2, 0.25) is 0 Å². The van der Waals surface area contributed by atoms with Crippen molar-refractivity contribution < 1.29 is 19.1 Å². The van der Waals surface area contributed by atoms with Crippen LogP contribution < -0.4 is 0 Å². The number of tetrazole rings is 1. The summed E-state index contributed by atoms with van der Waals surface area (Å²) in [5.74, 6) is 0.284. The predicted molar refractivity (Wildman–Crippen MR) is 115 cm³/mol. The van der Waals surface area contributed by atoms with Gasteiger partial charge in [-0.05, 0) is 55.2 Å². The van der Waals surface area contributed by atoms with E-state index in [0.29, 0.717) is 36.5 Å². The number of piperidine rings is 1. The van der Waals surface area contributed by atoms with Crippen LogP contribution in [-0.4, -0.2) is 91.4 Å². The number of likely N-dealkylation sites (tertiary alicyclic amines) is 1. The molecule has 1 amide bonds. The number of morpholine rings is 1. The van der Waals surface area contributed by atoms with Gasteiger partial charge in [-0.2, -0.15) is 4.68 Å². The zero-order chi connectivity index (χ0) is 23.0. The Balaban J connectivity index is 1.19. The lowest BCUT2D eigenvalue weighted by molar-refractivity contribution is -0.183. The lowest BCUT2D eigenvalue weighted by Crippen LogP contribution is -2.63. The second-order valence-corrected chi connectivity index (χ2v) is 8.85. The molecule has 11 heteroatoms. The minimum atomic E-state index is -0.822. The van der Waals surface area contributed by atoms with Crippen LogP contribution in [0.5, 0.6) is 0 Å². The first-order chi connectivity index (χ1) is 16.0. The third-order valence-corrected chi connectivity index (χ3v) is 6.79. The van der Waals surface area contributed by atoms with Crippen LogP contribution >= 0.6 is 0 Å². The van der Waals surface area contributed by atoms with Gasteiger partial charge < -0.3 is 19.3 Å². The van der Waals surface area contributed by atoms with Gasteiger partial charge in [-0.15, -0.1) is 5.10 Å². The largest absolute Gasteiger partial charge is 0.456 e. The third-order valence-electron chi connectivity index (χ3n) is 6.79. The fourth-order valence-electron chi connectivity index (χ4n) is 4.69. The van der Waals surface area contributed by atoms with E-state index in [0.717, 1.165) is 31.6 Å². The second kappa shape index (κ2) is 8.64. The van der Waals surface area contributed by atoms with Crippen molar-refractivity contribution in [2.24, 2.45) is 0 Å². The van der Waals surface area contributed by atoms with Gasteiger partial charge in [0, 0.05) is 25.8 Å². The number of carbonyl (C=O) groups excluding carboxylic acids is 2. The molecule has 33 heavy (non-hydrogen) atoms. The van der Waals surface area contributed by atoms with Gasteiger partial charge in [-0.25, -0.2) is 9.78 Å². The van der Waals surface area contributed by atoms with Crippen molar-refractivity contribution in [2.75, 3.05) is 32.8 Å². The van der Waals surface area contributed by atoms with E-state index in [1.165, 1.54) is 11.0 Å². The fraction of sp³-hybridized carbons (Fsp3) is 0.545. The normalized spacial score (nSPS) is 23.5. The Morgan fingerprint density at radius 3 is 2.67 bits per heavy atom. The van der Waals surface area contributed by atoms with Crippen molar-refractivity contribution in [3.05, 3.63) is 41.5 Å². The Morgan fingerprint density at radius 1 is 1.21 bits per heavy atom. The number of carbonyl (C=O) groups is 2. The van der Waals surface area contributed by atoms with E-state index in [4.69, 9.17) is 9.47 Å². The molecule has 1 unspecified atom stereocenters. The van der Waals surface area contributed by atoms with E-state index in [1.807, 2.05) is 25.3 Å². The molecule has 174 valence electrons. The molecule has 0 bridgehead atoms. The van der Waals surface area contributed by atoms with Gasteiger partial charge >= 0.3 is 5.97 Å². The first-order valence-corrected chi connectivity index (χ1v) is 11.2. The molecule has 2 aromatic heterocycles. The van der Waals surface area contributed by atoms with Crippen molar-refractivity contribution >= 4 is 11.9 Å². The number of aromatic nitrogens is 5. The summed E-state index contributed by atoms with van der Waals surface area (Å²) in [6, 6.07) is 3.81. The second-order valence-electron chi connectivity index (χ2n) is 8.85. The number of ether oxygens (including phenoxy) is 2. The quantitative estimate of drug-likeness (QED) is 0.597. The fourth-order valence-corrected chi connectivity index (χ4v) is 4.69. The molecule has 11 nitrogen and oxygen atoms in total. The highest BCUT2D eigenvalue weighted by atomic mass is 16.5. The molecule has 5 heterocycles. The van der Waals surface area contributed by atoms with E-state index >= 15 is 0 Å². The summed E-state index contributed by atoms with van der Waals surface area (Å²) in [4.78, 5) is 33.9. The maximum atomic E-state index is 13.5. The Hall–Kier alpha value is -3.18. The molecule has 3 aliphatic rings. The highest BCUT2D eigenvalue weighted by Gasteiger charge is 2.51. The Labute approximate surface area is 191 Å². The molecule has 1 atom stereocenters. The van der Waals surface area contributed by atoms with Crippen LogP contribution in [0.1, 0.15) is 32.3 Å². The zero-order valence-electron chi connectivity index (χ0n) is 18.8. The standard InChI is InChI=1S/C22H27N7O4/c1-15-12-33-22(21(31)29(15)18-13-32-20(30)16(18)2)6-9-27(10-7-22)8-5-17-3-4-19(23-11-17)28-14-24-25-26-28/h3-4,11,14-15H,5-10,12-13H2,1-2H3. The van der Waals surface area contributed by atoms with Crippen LogP contribution in [-0.2, 0) is 25.5 Å². The molecule has 3 aliphatic heterocycles. The molecule has 0 N–H and O–H groups in total. The number of hydrogen-bond donors (Lipinski definition) is 0. The van der Waals surface area contributed by atoms with Crippen LogP contribution in [0.25, 0.3) is 5.82 Å². The number of esters is 1.